The molecule has 26 heavy (non-hydrogen) atoms. The molecule has 1 spiro atoms. The van der Waals surface area contributed by atoms with Gasteiger partial charge in [-0.2, -0.15) is 0 Å². The summed E-state index contributed by atoms with van der Waals surface area (Å²) in [5.41, 5.74) is -0.413. The molecule has 7 heteroatoms. The van der Waals surface area contributed by atoms with Gasteiger partial charge in [-0.25, -0.2) is 0 Å². The molecular weight excluding hydrogens is 334 g/mol. The number of amides is 2. The number of methoxy groups -OCH3 is 1. The normalized spacial score (nSPS) is 23.5. The highest BCUT2D eigenvalue weighted by Gasteiger charge is 2.53. The summed E-state index contributed by atoms with van der Waals surface area (Å²) in [6.07, 6.45) is 3.92. The van der Waals surface area contributed by atoms with Crippen LogP contribution in [0, 0.1) is 5.92 Å². The zero-order valence-electron chi connectivity index (χ0n) is 16.0. The van der Waals surface area contributed by atoms with Gasteiger partial charge in [0.2, 0.25) is 5.91 Å². The Labute approximate surface area is 154 Å². The molecule has 0 aromatic carbocycles. The lowest BCUT2D eigenvalue weighted by molar-refractivity contribution is -0.146. The first-order valence-corrected chi connectivity index (χ1v) is 9.54. The first-order valence-electron chi connectivity index (χ1n) is 9.54. The molecule has 0 radical (unpaired) electrons. The Bertz CT molecular complexity index is 657. The van der Waals surface area contributed by atoms with Crippen molar-refractivity contribution in [3.63, 3.8) is 0 Å². The Balaban J connectivity index is 1.79. The van der Waals surface area contributed by atoms with Crippen molar-refractivity contribution in [3.8, 4) is 0 Å². The summed E-state index contributed by atoms with van der Waals surface area (Å²) in [7, 11) is 1.63. The molecule has 2 aliphatic rings. The van der Waals surface area contributed by atoms with Crippen LogP contribution < -0.4 is 0 Å². The van der Waals surface area contributed by atoms with Gasteiger partial charge in [-0.15, -0.1) is 0 Å². The summed E-state index contributed by atoms with van der Waals surface area (Å²) in [4.78, 5) is 29.9. The number of rotatable bonds is 6. The van der Waals surface area contributed by atoms with Crippen LogP contribution in [0.5, 0.6) is 0 Å². The second kappa shape index (κ2) is 7.78. The lowest BCUT2D eigenvalue weighted by atomic mass is 9.85. The van der Waals surface area contributed by atoms with E-state index < -0.39 is 5.54 Å². The Hall–Kier alpha value is -1.89. The molecule has 144 valence electrons. The summed E-state index contributed by atoms with van der Waals surface area (Å²) < 4.78 is 10.4. The van der Waals surface area contributed by atoms with Crippen LogP contribution in [0.3, 0.4) is 0 Å². The van der Waals surface area contributed by atoms with Crippen molar-refractivity contribution in [1.29, 1.82) is 0 Å². The summed E-state index contributed by atoms with van der Waals surface area (Å²) in [5, 5.41) is 3.97. The standard InChI is InChI=1S/C19H29N3O4/c1-14(2)12-15-13-16(20-26-15)17(23)22-9-5-7-19(22)6-4-8-21(18(19)24)10-11-25-3/h13-14H,4-12H2,1-3H3. The largest absolute Gasteiger partial charge is 0.383 e. The van der Waals surface area contributed by atoms with E-state index in [9.17, 15) is 9.59 Å². The molecule has 2 aliphatic heterocycles. The molecule has 0 bridgehead atoms. The number of carbonyl (C=O) groups excluding carboxylic acids is 2. The lowest BCUT2D eigenvalue weighted by Gasteiger charge is -2.44. The summed E-state index contributed by atoms with van der Waals surface area (Å²) in [6, 6.07) is 1.73. The van der Waals surface area contributed by atoms with Gasteiger partial charge in [0.25, 0.3) is 5.91 Å². The van der Waals surface area contributed by atoms with Crippen molar-refractivity contribution in [2.45, 2.75) is 51.5 Å². The van der Waals surface area contributed by atoms with E-state index in [2.05, 4.69) is 19.0 Å². The van der Waals surface area contributed by atoms with Crippen LogP contribution in [0.1, 0.15) is 55.8 Å². The van der Waals surface area contributed by atoms with E-state index in [4.69, 9.17) is 9.26 Å². The molecule has 3 heterocycles. The molecule has 1 unspecified atom stereocenters. The molecule has 2 fully saturated rings. The third-order valence-electron chi connectivity index (χ3n) is 5.39. The maximum atomic E-state index is 13.2. The Morgan fingerprint density at radius 2 is 2.08 bits per heavy atom. The molecule has 0 N–H and O–H groups in total. The molecule has 0 aliphatic carbocycles. The first-order chi connectivity index (χ1) is 12.5. The second-order valence-corrected chi connectivity index (χ2v) is 7.76. The fourth-order valence-corrected chi connectivity index (χ4v) is 4.19. The van der Waals surface area contributed by atoms with Crippen LogP contribution in [-0.4, -0.2) is 65.7 Å². The second-order valence-electron chi connectivity index (χ2n) is 7.76. The number of hydrogen-bond acceptors (Lipinski definition) is 5. The molecule has 3 rings (SSSR count). The SMILES string of the molecule is COCCN1CCCC2(CCCN2C(=O)c2cc(CC(C)C)on2)C1=O. The molecular formula is C19H29N3O4. The van der Waals surface area contributed by atoms with Gasteiger partial charge in [0.1, 0.15) is 11.3 Å². The predicted octanol–water partition coefficient (Wildman–Crippen LogP) is 2.12. The van der Waals surface area contributed by atoms with Crippen LogP contribution in [0.15, 0.2) is 10.6 Å². The summed E-state index contributed by atoms with van der Waals surface area (Å²) >= 11 is 0. The molecule has 2 amide bonds. The highest BCUT2D eigenvalue weighted by molar-refractivity contribution is 5.98. The van der Waals surface area contributed by atoms with Crippen molar-refractivity contribution in [1.82, 2.24) is 15.0 Å². The number of hydrogen-bond donors (Lipinski definition) is 0. The molecule has 1 atom stereocenters. The molecule has 1 aromatic rings. The van der Waals surface area contributed by atoms with E-state index in [1.165, 1.54) is 0 Å². The number of likely N-dealkylation sites (tertiary alicyclic amines) is 2. The topological polar surface area (TPSA) is 75.9 Å². The van der Waals surface area contributed by atoms with Crippen molar-refractivity contribution in [2.24, 2.45) is 5.92 Å². The van der Waals surface area contributed by atoms with E-state index in [1.54, 1.807) is 18.1 Å². The first kappa shape index (κ1) is 18.9. The van der Waals surface area contributed by atoms with Gasteiger partial charge in [-0.3, -0.25) is 9.59 Å². The molecule has 1 aromatic heterocycles. The molecule has 2 saturated heterocycles. The van der Waals surface area contributed by atoms with Gasteiger partial charge < -0.3 is 19.1 Å². The van der Waals surface area contributed by atoms with Crippen molar-refractivity contribution in [2.75, 3.05) is 33.4 Å². The third kappa shape index (κ3) is 3.49. The Kier molecular flexibility index (Phi) is 5.65. The van der Waals surface area contributed by atoms with Crippen LogP contribution in [0.25, 0.3) is 0 Å². The highest BCUT2D eigenvalue weighted by Crippen LogP contribution is 2.39. The zero-order chi connectivity index (χ0) is 18.7. The average molecular weight is 363 g/mol. The number of aromatic nitrogens is 1. The van der Waals surface area contributed by atoms with Gasteiger partial charge >= 0.3 is 0 Å². The summed E-state index contributed by atoms with van der Waals surface area (Å²) in [6.45, 7) is 6.59. The van der Waals surface area contributed by atoms with Crippen molar-refractivity contribution in [3.05, 3.63) is 17.5 Å². The highest BCUT2D eigenvalue weighted by atomic mass is 16.5. The van der Waals surface area contributed by atoms with Gasteiger partial charge in [0, 0.05) is 39.2 Å². The number of carbonyl (C=O) groups is 2. The zero-order valence-corrected chi connectivity index (χ0v) is 16.0. The molecule has 0 saturated carbocycles. The van der Waals surface area contributed by atoms with E-state index in [1.807, 2.05) is 4.90 Å². The quantitative estimate of drug-likeness (QED) is 0.774. The fourth-order valence-electron chi connectivity index (χ4n) is 4.19. The minimum Gasteiger partial charge on any atom is -0.383 e. The average Bonchev–Trinajstić information content (AvgIpc) is 3.23. The minimum atomic E-state index is -0.722. The van der Waals surface area contributed by atoms with Gasteiger partial charge in [0.15, 0.2) is 5.69 Å². The van der Waals surface area contributed by atoms with E-state index in [-0.39, 0.29) is 11.8 Å². The van der Waals surface area contributed by atoms with Crippen molar-refractivity contribution < 1.29 is 18.8 Å². The molecule has 7 nitrogen and oxygen atoms in total. The monoisotopic (exact) mass is 363 g/mol. The van der Waals surface area contributed by atoms with Gasteiger partial charge in [-0.05, 0) is 31.6 Å². The van der Waals surface area contributed by atoms with E-state index in [0.717, 1.165) is 38.6 Å². The van der Waals surface area contributed by atoms with E-state index >= 15 is 0 Å². The van der Waals surface area contributed by atoms with Crippen LogP contribution >= 0.6 is 0 Å². The maximum Gasteiger partial charge on any atom is 0.276 e. The fraction of sp³-hybridized carbons (Fsp3) is 0.737. The van der Waals surface area contributed by atoms with Crippen LogP contribution in [0.2, 0.25) is 0 Å². The lowest BCUT2D eigenvalue weighted by Crippen LogP contribution is -2.61. The summed E-state index contributed by atoms with van der Waals surface area (Å²) in [5.74, 6) is 1.01. The minimum absolute atomic E-state index is 0.0533. The third-order valence-corrected chi connectivity index (χ3v) is 5.39. The smallest absolute Gasteiger partial charge is 0.276 e. The Morgan fingerprint density at radius 3 is 2.77 bits per heavy atom. The van der Waals surface area contributed by atoms with Crippen LogP contribution in [-0.2, 0) is 16.0 Å². The Morgan fingerprint density at radius 1 is 1.35 bits per heavy atom. The number of nitrogens with zero attached hydrogens (tertiary/aromatic N) is 3. The number of ether oxygens (including phenoxy) is 1. The van der Waals surface area contributed by atoms with E-state index in [0.29, 0.717) is 37.1 Å². The van der Waals surface area contributed by atoms with Gasteiger partial charge in [-0.1, -0.05) is 19.0 Å². The number of piperidine rings is 1. The van der Waals surface area contributed by atoms with Gasteiger partial charge in [0.05, 0.1) is 6.61 Å². The van der Waals surface area contributed by atoms with Crippen LogP contribution in [0.4, 0.5) is 0 Å². The van der Waals surface area contributed by atoms with Crippen molar-refractivity contribution >= 4 is 11.8 Å². The predicted molar refractivity (Wildman–Crippen MR) is 95.7 cm³/mol. The maximum absolute atomic E-state index is 13.2.